The summed E-state index contributed by atoms with van der Waals surface area (Å²) in [5, 5.41) is 0. The number of nitrogens with zero attached hydrogens (tertiary/aromatic N) is 3. The van der Waals surface area contributed by atoms with Gasteiger partial charge in [0.2, 0.25) is 10.0 Å². The molecular weight excluding hydrogens is 335 g/mol. The number of alkyl halides is 3. The SMILES string of the molecule is O=S(=O)(c1ccc(OC(F)(F)F)cc1)N1Cc2cncnc2C1. The van der Waals surface area contributed by atoms with Crippen LogP contribution < -0.4 is 4.74 Å². The second-order valence-electron chi connectivity index (χ2n) is 4.79. The first-order chi connectivity index (χ1) is 10.8. The average Bonchev–Trinajstić information content (AvgIpc) is 2.91. The van der Waals surface area contributed by atoms with Crippen LogP contribution in [0, 0.1) is 0 Å². The van der Waals surface area contributed by atoms with Crippen molar-refractivity contribution in [2.24, 2.45) is 0 Å². The molecule has 0 fully saturated rings. The molecule has 23 heavy (non-hydrogen) atoms. The number of benzene rings is 1. The van der Waals surface area contributed by atoms with Crippen molar-refractivity contribution in [3.05, 3.63) is 48.0 Å². The highest BCUT2D eigenvalue weighted by molar-refractivity contribution is 7.89. The van der Waals surface area contributed by atoms with Gasteiger partial charge in [-0.1, -0.05) is 0 Å². The number of aromatic nitrogens is 2. The van der Waals surface area contributed by atoms with E-state index in [-0.39, 0.29) is 18.0 Å². The van der Waals surface area contributed by atoms with Crippen molar-refractivity contribution >= 4 is 10.0 Å². The Labute approximate surface area is 129 Å². The van der Waals surface area contributed by atoms with Gasteiger partial charge in [0, 0.05) is 18.3 Å². The number of sulfonamides is 1. The van der Waals surface area contributed by atoms with Crippen LogP contribution >= 0.6 is 0 Å². The molecule has 1 aliphatic heterocycles. The molecule has 0 aliphatic carbocycles. The van der Waals surface area contributed by atoms with Gasteiger partial charge < -0.3 is 4.74 Å². The van der Waals surface area contributed by atoms with E-state index in [1.807, 2.05) is 0 Å². The van der Waals surface area contributed by atoms with Gasteiger partial charge in [-0.25, -0.2) is 18.4 Å². The molecule has 10 heteroatoms. The Morgan fingerprint density at radius 2 is 1.83 bits per heavy atom. The average molecular weight is 345 g/mol. The number of fused-ring (bicyclic) bond motifs is 1. The van der Waals surface area contributed by atoms with E-state index in [0.29, 0.717) is 11.3 Å². The number of ether oxygens (including phenoxy) is 1. The minimum absolute atomic E-state index is 0.0982. The van der Waals surface area contributed by atoms with E-state index in [9.17, 15) is 21.6 Å². The highest BCUT2D eigenvalue weighted by Crippen LogP contribution is 2.29. The number of hydrogen-bond acceptors (Lipinski definition) is 5. The van der Waals surface area contributed by atoms with Gasteiger partial charge in [0.05, 0.1) is 17.1 Å². The largest absolute Gasteiger partial charge is 0.573 e. The van der Waals surface area contributed by atoms with Gasteiger partial charge in [-0.2, -0.15) is 4.31 Å². The normalized spacial score (nSPS) is 15.4. The molecular formula is C13H10F3N3O3S. The molecule has 0 saturated carbocycles. The summed E-state index contributed by atoms with van der Waals surface area (Å²) in [6.07, 6.45) is -1.95. The third-order valence-corrected chi connectivity index (χ3v) is 5.06. The summed E-state index contributed by atoms with van der Waals surface area (Å²) >= 11 is 0. The molecule has 3 rings (SSSR count). The molecule has 0 amide bonds. The first-order valence-electron chi connectivity index (χ1n) is 6.39. The van der Waals surface area contributed by atoms with Gasteiger partial charge in [0.25, 0.3) is 0 Å². The lowest BCUT2D eigenvalue weighted by molar-refractivity contribution is -0.274. The van der Waals surface area contributed by atoms with Crippen LogP contribution in [0.25, 0.3) is 0 Å². The fraction of sp³-hybridized carbons (Fsp3) is 0.231. The summed E-state index contributed by atoms with van der Waals surface area (Å²) in [5.41, 5.74) is 1.31. The Bertz CT molecular complexity index is 797. The maximum Gasteiger partial charge on any atom is 0.573 e. The van der Waals surface area contributed by atoms with Gasteiger partial charge >= 0.3 is 6.36 Å². The van der Waals surface area contributed by atoms with Gasteiger partial charge in [-0.3, -0.25) is 0 Å². The predicted octanol–water partition coefficient (Wildman–Crippen LogP) is 2.08. The first kappa shape index (κ1) is 15.7. The van der Waals surface area contributed by atoms with Gasteiger partial charge in [-0.15, -0.1) is 13.2 Å². The van der Waals surface area contributed by atoms with E-state index >= 15 is 0 Å². The van der Waals surface area contributed by atoms with Crippen molar-refractivity contribution in [1.82, 2.24) is 14.3 Å². The van der Waals surface area contributed by atoms with Crippen molar-refractivity contribution in [2.45, 2.75) is 24.3 Å². The number of rotatable bonds is 3. The van der Waals surface area contributed by atoms with Crippen molar-refractivity contribution in [2.75, 3.05) is 0 Å². The molecule has 2 aromatic rings. The Kier molecular flexibility index (Phi) is 3.72. The van der Waals surface area contributed by atoms with Crippen LogP contribution in [-0.4, -0.2) is 29.1 Å². The molecule has 0 bridgehead atoms. The van der Waals surface area contributed by atoms with Crippen molar-refractivity contribution in [3.63, 3.8) is 0 Å². The Balaban J connectivity index is 1.81. The Morgan fingerprint density at radius 1 is 1.13 bits per heavy atom. The zero-order chi connectivity index (χ0) is 16.7. The van der Waals surface area contributed by atoms with Crippen molar-refractivity contribution in [1.29, 1.82) is 0 Å². The molecule has 6 nitrogen and oxygen atoms in total. The summed E-state index contributed by atoms with van der Waals surface area (Å²) < 4.78 is 66.3. The van der Waals surface area contributed by atoms with Crippen molar-refractivity contribution < 1.29 is 26.3 Å². The minimum atomic E-state index is -4.82. The van der Waals surface area contributed by atoms with Gasteiger partial charge in [-0.05, 0) is 24.3 Å². The fourth-order valence-corrected chi connectivity index (χ4v) is 3.58. The molecule has 1 aromatic heterocycles. The molecule has 2 heterocycles. The quantitative estimate of drug-likeness (QED) is 0.852. The molecule has 0 atom stereocenters. The second kappa shape index (κ2) is 5.46. The lowest BCUT2D eigenvalue weighted by Gasteiger charge is -2.16. The molecule has 0 N–H and O–H groups in total. The van der Waals surface area contributed by atoms with Crippen LogP contribution in [0.5, 0.6) is 5.75 Å². The highest BCUT2D eigenvalue weighted by atomic mass is 32.2. The van der Waals surface area contributed by atoms with Crippen LogP contribution in [0.15, 0.2) is 41.7 Å². The monoisotopic (exact) mass is 345 g/mol. The van der Waals surface area contributed by atoms with Crippen LogP contribution in [-0.2, 0) is 23.1 Å². The van der Waals surface area contributed by atoms with E-state index in [1.165, 1.54) is 16.8 Å². The predicted molar refractivity (Wildman–Crippen MR) is 71.6 cm³/mol. The van der Waals surface area contributed by atoms with Gasteiger partial charge in [0.15, 0.2) is 0 Å². The lowest BCUT2D eigenvalue weighted by atomic mass is 10.3. The van der Waals surface area contributed by atoms with Crippen LogP contribution in [0.2, 0.25) is 0 Å². The summed E-state index contributed by atoms with van der Waals surface area (Å²) in [6, 6.07) is 4.07. The van der Waals surface area contributed by atoms with Gasteiger partial charge in [0.1, 0.15) is 12.1 Å². The standard InChI is InChI=1S/C13H10F3N3O3S/c14-13(15,16)22-10-1-3-11(4-2-10)23(20,21)19-6-9-5-17-8-18-12(9)7-19/h1-5,8H,6-7H2. The van der Waals surface area contributed by atoms with Crippen molar-refractivity contribution in [3.8, 4) is 5.75 Å². The second-order valence-corrected chi connectivity index (χ2v) is 6.72. The summed E-state index contributed by atoms with van der Waals surface area (Å²) in [6.45, 7) is 0.223. The summed E-state index contributed by atoms with van der Waals surface area (Å²) in [4.78, 5) is 7.73. The maximum atomic E-state index is 12.5. The van der Waals surface area contributed by atoms with Crippen LogP contribution in [0.4, 0.5) is 13.2 Å². The summed E-state index contributed by atoms with van der Waals surface area (Å²) in [7, 11) is -3.84. The maximum absolute atomic E-state index is 12.5. The van der Waals surface area contributed by atoms with E-state index < -0.39 is 22.1 Å². The van der Waals surface area contributed by atoms with E-state index in [1.54, 1.807) is 0 Å². The van der Waals surface area contributed by atoms with Crippen LogP contribution in [0.3, 0.4) is 0 Å². The summed E-state index contributed by atoms with van der Waals surface area (Å²) in [5.74, 6) is -0.480. The molecule has 0 spiro atoms. The molecule has 1 aliphatic rings. The third kappa shape index (κ3) is 3.27. The number of hydrogen-bond donors (Lipinski definition) is 0. The molecule has 0 unspecified atom stereocenters. The van der Waals surface area contributed by atoms with E-state index in [0.717, 1.165) is 24.3 Å². The molecule has 0 radical (unpaired) electrons. The Morgan fingerprint density at radius 3 is 2.43 bits per heavy atom. The van der Waals surface area contributed by atoms with E-state index in [4.69, 9.17) is 0 Å². The third-order valence-electron chi connectivity index (χ3n) is 3.25. The fourth-order valence-electron chi connectivity index (χ4n) is 2.20. The highest BCUT2D eigenvalue weighted by Gasteiger charge is 2.33. The first-order valence-corrected chi connectivity index (χ1v) is 7.83. The Hall–Kier alpha value is -2.20. The van der Waals surface area contributed by atoms with Crippen LogP contribution in [0.1, 0.15) is 11.3 Å². The smallest absolute Gasteiger partial charge is 0.406 e. The zero-order valence-electron chi connectivity index (χ0n) is 11.5. The minimum Gasteiger partial charge on any atom is -0.406 e. The zero-order valence-corrected chi connectivity index (χ0v) is 12.3. The molecule has 1 aromatic carbocycles. The lowest BCUT2D eigenvalue weighted by Crippen LogP contribution is -2.25. The molecule has 122 valence electrons. The number of halogens is 3. The van der Waals surface area contributed by atoms with E-state index in [2.05, 4.69) is 14.7 Å². The molecule has 0 saturated heterocycles. The topological polar surface area (TPSA) is 72.4 Å².